The quantitative estimate of drug-likeness (QED) is 0.461. The van der Waals surface area contributed by atoms with Gasteiger partial charge >= 0.3 is 6.09 Å². The van der Waals surface area contributed by atoms with E-state index >= 15 is 0 Å². The van der Waals surface area contributed by atoms with E-state index < -0.39 is 6.09 Å². The van der Waals surface area contributed by atoms with Crippen LogP contribution in [0.4, 0.5) is 10.5 Å². The molecule has 0 aromatic heterocycles. The van der Waals surface area contributed by atoms with Crippen LogP contribution in [-0.2, 0) is 9.59 Å². The molecule has 1 aliphatic rings. The molecule has 3 aromatic rings. The molecule has 1 fully saturated rings. The van der Waals surface area contributed by atoms with Crippen LogP contribution in [-0.4, -0.2) is 53.6 Å². The Labute approximate surface area is 209 Å². The number of hydrogen-bond acceptors (Lipinski definition) is 4. The highest BCUT2D eigenvalue weighted by Gasteiger charge is 2.29. The Bertz CT molecular complexity index is 1210. The van der Waals surface area contributed by atoms with Crippen molar-refractivity contribution >= 4 is 29.7 Å². The van der Waals surface area contributed by atoms with Gasteiger partial charge in [-0.3, -0.25) is 14.5 Å². The predicted octanol–water partition coefficient (Wildman–Crippen LogP) is 4.39. The highest BCUT2D eigenvalue weighted by Crippen LogP contribution is 2.25. The Balaban J connectivity index is 1.50. The number of nitrogens with zero attached hydrogens (tertiary/aromatic N) is 2. The minimum atomic E-state index is -1.12. The first kappa shape index (κ1) is 24.5. The summed E-state index contributed by atoms with van der Waals surface area (Å²) in [5.41, 5.74) is 1.41. The van der Waals surface area contributed by atoms with E-state index in [2.05, 4.69) is 5.32 Å². The molecule has 0 spiro atoms. The van der Waals surface area contributed by atoms with Crippen LogP contribution in [0.1, 0.15) is 12.0 Å². The summed E-state index contributed by atoms with van der Waals surface area (Å²) in [5, 5.41) is 11.4. The van der Waals surface area contributed by atoms with E-state index in [9.17, 15) is 14.4 Å². The molecule has 8 nitrogen and oxygen atoms in total. The van der Waals surface area contributed by atoms with Gasteiger partial charge in [0.2, 0.25) is 5.91 Å². The van der Waals surface area contributed by atoms with E-state index in [4.69, 9.17) is 9.84 Å². The molecular weight excluding hydrogens is 458 g/mol. The van der Waals surface area contributed by atoms with Gasteiger partial charge in [-0.1, -0.05) is 48.5 Å². The third-order valence-corrected chi connectivity index (χ3v) is 5.77. The van der Waals surface area contributed by atoms with Crippen molar-refractivity contribution in [3.8, 4) is 11.5 Å². The Morgan fingerprint density at radius 3 is 2.25 bits per heavy atom. The number of likely N-dealkylation sites (tertiary alicyclic amines) is 1. The predicted molar refractivity (Wildman–Crippen MR) is 137 cm³/mol. The molecule has 1 atom stereocenters. The highest BCUT2D eigenvalue weighted by atomic mass is 16.5. The molecule has 0 saturated carbocycles. The molecule has 8 heteroatoms. The molecule has 3 amide bonds. The monoisotopic (exact) mass is 485 g/mol. The number of hydrogen-bond donors (Lipinski definition) is 2. The van der Waals surface area contributed by atoms with Crippen molar-refractivity contribution < 1.29 is 24.2 Å². The summed E-state index contributed by atoms with van der Waals surface area (Å²) in [6.45, 7) is 0.531. The molecule has 36 heavy (non-hydrogen) atoms. The number of amides is 3. The summed E-state index contributed by atoms with van der Waals surface area (Å²) in [4.78, 5) is 40.2. The third-order valence-electron chi connectivity index (χ3n) is 5.77. The summed E-state index contributed by atoms with van der Waals surface area (Å²) >= 11 is 0. The number of benzene rings is 3. The Kier molecular flexibility index (Phi) is 7.97. The van der Waals surface area contributed by atoms with Gasteiger partial charge in [-0.2, -0.15) is 0 Å². The molecule has 1 heterocycles. The Morgan fingerprint density at radius 1 is 0.944 bits per heavy atom. The van der Waals surface area contributed by atoms with Crippen LogP contribution in [0.25, 0.3) is 6.08 Å². The van der Waals surface area contributed by atoms with Gasteiger partial charge in [0.05, 0.1) is 6.04 Å². The number of para-hydroxylation sites is 1. The second-order valence-electron chi connectivity index (χ2n) is 8.35. The van der Waals surface area contributed by atoms with Gasteiger partial charge in [-0.15, -0.1) is 0 Å². The molecule has 1 unspecified atom stereocenters. The number of nitrogens with one attached hydrogen (secondary N) is 1. The topological polar surface area (TPSA) is 99.2 Å². The van der Waals surface area contributed by atoms with E-state index in [0.717, 1.165) is 5.56 Å². The van der Waals surface area contributed by atoms with Crippen molar-refractivity contribution in [2.75, 3.05) is 24.5 Å². The molecule has 2 N–H and O–H groups in total. The molecule has 4 rings (SSSR count). The Morgan fingerprint density at radius 2 is 1.58 bits per heavy atom. The van der Waals surface area contributed by atoms with Gasteiger partial charge in [-0.05, 0) is 54.5 Å². The lowest BCUT2D eigenvalue weighted by Crippen LogP contribution is -2.43. The summed E-state index contributed by atoms with van der Waals surface area (Å²) < 4.78 is 5.84. The molecule has 184 valence electrons. The minimum Gasteiger partial charge on any atom is -0.465 e. The first-order valence-corrected chi connectivity index (χ1v) is 11.6. The second kappa shape index (κ2) is 11.7. The van der Waals surface area contributed by atoms with Crippen LogP contribution >= 0.6 is 0 Å². The summed E-state index contributed by atoms with van der Waals surface area (Å²) in [6.07, 6.45) is 2.56. The van der Waals surface area contributed by atoms with Crippen LogP contribution in [0.5, 0.6) is 11.5 Å². The molecule has 0 radical (unpaired) electrons. The van der Waals surface area contributed by atoms with Gasteiger partial charge in [0, 0.05) is 24.9 Å². The number of rotatable bonds is 8. The fourth-order valence-electron chi connectivity index (χ4n) is 3.95. The second-order valence-corrected chi connectivity index (χ2v) is 8.35. The number of carbonyl (C=O) groups excluding carboxylic acids is 2. The first-order valence-electron chi connectivity index (χ1n) is 11.6. The third kappa shape index (κ3) is 6.73. The summed E-state index contributed by atoms with van der Waals surface area (Å²) in [6, 6.07) is 25.4. The number of carbonyl (C=O) groups is 3. The maximum Gasteiger partial charge on any atom is 0.404 e. The van der Waals surface area contributed by atoms with E-state index in [-0.39, 0.29) is 30.9 Å². The normalized spacial score (nSPS) is 15.0. The molecule has 0 aliphatic carbocycles. The van der Waals surface area contributed by atoms with Crippen molar-refractivity contribution in [3.05, 3.63) is 96.6 Å². The number of ether oxygens (including phenoxy) is 1. The molecular formula is C28H27N3O5. The molecule has 1 saturated heterocycles. The average molecular weight is 486 g/mol. The lowest BCUT2D eigenvalue weighted by Gasteiger charge is -2.24. The van der Waals surface area contributed by atoms with Crippen molar-refractivity contribution in [2.24, 2.45) is 0 Å². The lowest BCUT2D eigenvalue weighted by molar-refractivity contribution is -0.130. The first-order chi connectivity index (χ1) is 17.5. The average Bonchev–Trinajstić information content (AvgIpc) is 3.35. The largest absolute Gasteiger partial charge is 0.465 e. The van der Waals surface area contributed by atoms with Gasteiger partial charge in [0.1, 0.15) is 18.0 Å². The Hall–Kier alpha value is -4.59. The van der Waals surface area contributed by atoms with Crippen LogP contribution in [0.3, 0.4) is 0 Å². The number of anilines is 1. The van der Waals surface area contributed by atoms with Crippen molar-refractivity contribution in [1.82, 2.24) is 10.2 Å². The summed E-state index contributed by atoms with van der Waals surface area (Å²) in [7, 11) is 0. The van der Waals surface area contributed by atoms with Gasteiger partial charge in [-0.25, -0.2) is 4.79 Å². The van der Waals surface area contributed by atoms with Crippen LogP contribution < -0.4 is 15.0 Å². The highest BCUT2D eigenvalue weighted by molar-refractivity contribution is 6.06. The zero-order valence-corrected chi connectivity index (χ0v) is 19.6. The maximum absolute atomic E-state index is 13.2. The molecule has 3 aromatic carbocycles. The minimum absolute atomic E-state index is 0.170. The number of carboxylic acid groups (broad SMARTS) is 1. The SMILES string of the molecule is O=C(O)NC1CCN(C(=O)CN(C(=O)C=Cc2ccccc2)c2ccc(Oc3ccccc3)cc2)C1. The molecule has 1 aliphatic heterocycles. The van der Waals surface area contributed by atoms with Gasteiger partial charge in [0.25, 0.3) is 5.91 Å². The maximum atomic E-state index is 13.2. The van der Waals surface area contributed by atoms with Crippen LogP contribution in [0.2, 0.25) is 0 Å². The zero-order chi connectivity index (χ0) is 25.3. The summed E-state index contributed by atoms with van der Waals surface area (Å²) in [5.74, 6) is 0.697. The van der Waals surface area contributed by atoms with Gasteiger partial charge < -0.3 is 20.1 Å². The van der Waals surface area contributed by atoms with E-state index in [1.807, 2.05) is 60.7 Å². The van der Waals surface area contributed by atoms with Crippen molar-refractivity contribution in [3.63, 3.8) is 0 Å². The smallest absolute Gasteiger partial charge is 0.404 e. The van der Waals surface area contributed by atoms with E-state index in [1.165, 1.54) is 11.0 Å². The fraction of sp³-hybridized carbons (Fsp3) is 0.179. The van der Waals surface area contributed by atoms with Gasteiger partial charge in [0.15, 0.2) is 0 Å². The van der Waals surface area contributed by atoms with Crippen molar-refractivity contribution in [2.45, 2.75) is 12.5 Å². The zero-order valence-electron chi connectivity index (χ0n) is 19.6. The van der Waals surface area contributed by atoms with E-state index in [0.29, 0.717) is 30.2 Å². The lowest BCUT2D eigenvalue weighted by atomic mass is 10.2. The van der Waals surface area contributed by atoms with Crippen molar-refractivity contribution in [1.29, 1.82) is 0 Å². The van der Waals surface area contributed by atoms with Crippen LogP contribution in [0, 0.1) is 0 Å². The standard InChI is InChI=1S/C28H27N3O5/c32-26(16-11-21-7-3-1-4-8-21)31(20-27(33)30-18-17-22(19-30)29-28(34)35)23-12-14-25(15-13-23)36-24-9-5-2-6-10-24/h1-16,22,29H,17-20H2,(H,34,35). The fourth-order valence-corrected chi connectivity index (χ4v) is 3.95. The molecule has 0 bridgehead atoms. The van der Waals surface area contributed by atoms with E-state index in [1.54, 1.807) is 35.2 Å². The van der Waals surface area contributed by atoms with Crippen LogP contribution in [0.15, 0.2) is 91.0 Å².